The number of rotatable bonds is 6. The van der Waals surface area contributed by atoms with Crippen LogP contribution in [-0.4, -0.2) is 35.0 Å². The number of aryl methyl sites for hydroxylation is 1. The van der Waals surface area contributed by atoms with Crippen molar-refractivity contribution in [3.63, 3.8) is 0 Å². The van der Waals surface area contributed by atoms with Gasteiger partial charge in [0.05, 0.1) is 11.4 Å². The van der Waals surface area contributed by atoms with Gasteiger partial charge in [-0.3, -0.25) is 4.79 Å². The maximum Gasteiger partial charge on any atom is 0.241 e. The predicted octanol–water partition coefficient (Wildman–Crippen LogP) is 1.98. The molecule has 0 bridgehead atoms. The fourth-order valence-electron chi connectivity index (χ4n) is 2.01. The summed E-state index contributed by atoms with van der Waals surface area (Å²) in [5.74, 6) is -0.428. The van der Waals surface area contributed by atoms with Gasteiger partial charge in [0.2, 0.25) is 15.9 Å². The Morgan fingerprint density at radius 2 is 1.58 bits per heavy atom. The molecule has 0 aliphatic heterocycles. The first-order valence-electron chi connectivity index (χ1n) is 7.41. The van der Waals surface area contributed by atoms with Gasteiger partial charge in [0.1, 0.15) is 0 Å². The first-order chi connectivity index (χ1) is 11.3. The second-order valence-corrected chi connectivity index (χ2v) is 7.39. The number of carbonyl (C=O) groups is 1. The lowest BCUT2D eigenvalue weighted by Gasteiger charge is -2.13. The van der Waals surface area contributed by atoms with Crippen LogP contribution >= 0.6 is 0 Å². The molecule has 0 heterocycles. The van der Waals surface area contributed by atoms with E-state index >= 15 is 0 Å². The van der Waals surface area contributed by atoms with Gasteiger partial charge in [-0.1, -0.05) is 17.7 Å². The van der Waals surface area contributed by atoms with E-state index in [0.29, 0.717) is 5.69 Å². The van der Waals surface area contributed by atoms with Crippen molar-refractivity contribution in [3.05, 3.63) is 54.1 Å². The molecule has 0 spiro atoms. The van der Waals surface area contributed by atoms with E-state index in [4.69, 9.17) is 0 Å². The summed E-state index contributed by atoms with van der Waals surface area (Å²) in [6, 6.07) is 13.7. The Morgan fingerprint density at radius 3 is 2.12 bits per heavy atom. The third-order valence-corrected chi connectivity index (χ3v) is 4.84. The maximum atomic E-state index is 12.1. The van der Waals surface area contributed by atoms with Crippen LogP contribution in [0.15, 0.2) is 53.4 Å². The lowest BCUT2D eigenvalue weighted by Crippen LogP contribution is -2.32. The summed E-state index contributed by atoms with van der Waals surface area (Å²) in [6.07, 6.45) is 0. The van der Waals surface area contributed by atoms with Crippen LogP contribution in [0.2, 0.25) is 0 Å². The summed E-state index contributed by atoms with van der Waals surface area (Å²) in [5, 5.41) is 2.66. The van der Waals surface area contributed by atoms with E-state index in [1.807, 2.05) is 38.1 Å². The molecule has 2 aromatic carbocycles. The molecule has 2 aromatic rings. The number of anilines is 2. The van der Waals surface area contributed by atoms with Crippen molar-refractivity contribution in [2.75, 3.05) is 30.9 Å². The molecule has 0 aromatic heterocycles. The molecule has 1 amide bonds. The van der Waals surface area contributed by atoms with E-state index in [-0.39, 0.29) is 11.4 Å². The molecule has 0 atom stereocenters. The van der Waals surface area contributed by atoms with Crippen molar-refractivity contribution >= 4 is 27.3 Å². The zero-order valence-electron chi connectivity index (χ0n) is 13.9. The van der Waals surface area contributed by atoms with Crippen LogP contribution in [-0.2, 0) is 14.8 Å². The van der Waals surface area contributed by atoms with Crippen molar-refractivity contribution < 1.29 is 13.2 Å². The summed E-state index contributed by atoms with van der Waals surface area (Å²) in [5.41, 5.74) is 2.58. The number of amides is 1. The van der Waals surface area contributed by atoms with Crippen molar-refractivity contribution in [1.82, 2.24) is 4.72 Å². The third kappa shape index (κ3) is 4.81. The fourth-order valence-corrected chi connectivity index (χ4v) is 2.99. The highest BCUT2D eigenvalue weighted by atomic mass is 32.2. The summed E-state index contributed by atoms with van der Waals surface area (Å²) in [6.45, 7) is 1.55. The second-order valence-electron chi connectivity index (χ2n) is 5.63. The van der Waals surface area contributed by atoms with E-state index in [9.17, 15) is 13.2 Å². The normalized spacial score (nSPS) is 11.1. The Bertz CT molecular complexity index is 798. The van der Waals surface area contributed by atoms with E-state index in [0.717, 1.165) is 11.3 Å². The van der Waals surface area contributed by atoms with E-state index in [1.165, 1.54) is 12.1 Å². The topological polar surface area (TPSA) is 78.5 Å². The molecule has 128 valence electrons. The Kier molecular flexibility index (Phi) is 5.58. The Morgan fingerprint density at radius 1 is 1.00 bits per heavy atom. The summed E-state index contributed by atoms with van der Waals surface area (Å²) in [7, 11) is 0.148. The Labute approximate surface area is 142 Å². The average Bonchev–Trinajstić information content (AvgIpc) is 2.54. The van der Waals surface area contributed by atoms with Crippen LogP contribution in [0.4, 0.5) is 11.4 Å². The minimum absolute atomic E-state index is 0.135. The predicted molar refractivity (Wildman–Crippen MR) is 95.8 cm³/mol. The number of benzene rings is 2. The molecule has 2 N–H and O–H groups in total. The van der Waals surface area contributed by atoms with Crippen molar-refractivity contribution in [3.8, 4) is 0 Å². The van der Waals surface area contributed by atoms with Crippen LogP contribution < -0.4 is 14.9 Å². The molecular formula is C17H21N3O3S. The SMILES string of the molecule is Cc1ccc(S(=O)(=O)NCC(=O)Nc2ccc(N(C)C)cc2)cc1. The molecule has 7 heteroatoms. The molecule has 0 saturated carbocycles. The standard InChI is InChI=1S/C17H21N3O3S/c1-13-4-10-16(11-5-13)24(22,23)18-12-17(21)19-14-6-8-15(9-7-14)20(2)3/h4-11,18H,12H2,1-3H3,(H,19,21). The number of nitrogens with zero attached hydrogens (tertiary/aromatic N) is 1. The van der Waals surface area contributed by atoms with Gasteiger partial charge >= 0.3 is 0 Å². The molecule has 0 unspecified atom stereocenters. The van der Waals surface area contributed by atoms with Crippen LogP contribution in [0.3, 0.4) is 0 Å². The van der Waals surface area contributed by atoms with Gasteiger partial charge in [-0.2, -0.15) is 0 Å². The van der Waals surface area contributed by atoms with Gasteiger partial charge in [-0.05, 0) is 43.3 Å². The van der Waals surface area contributed by atoms with Gasteiger partial charge in [0.15, 0.2) is 0 Å². The number of nitrogens with one attached hydrogen (secondary N) is 2. The quantitative estimate of drug-likeness (QED) is 0.837. The number of hydrogen-bond acceptors (Lipinski definition) is 4. The molecular weight excluding hydrogens is 326 g/mol. The number of sulfonamides is 1. The highest BCUT2D eigenvalue weighted by Crippen LogP contribution is 2.15. The van der Waals surface area contributed by atoms with Gasteiger partial charge in [-0.15, -0.1) is 0 Å². The van der Waals surface area contributed by atoms with E-state index in [1.54, 1.807) is 24.3 Å². The van der Waals surface area contributed by atoms with Crippen LogP contribution in [0.25, 0.3) is 0 Å². The first-order valence-corrected chi connectivity index (χ1v) is 8.90. The summed E-state index contributed by atoms with van der Waals surface area (Å²) < 4.78 is 26.5. The van der Waals surface area contributed by atoms with Gasteiger partial charge in [-0.25, -0.2) is 13.1 Å². The first kappa shape index (κ1) is 18.0. The monoisotopic (exact) mass is 347 g/mol. The number of carbonyl (C=O) groups excluding carboxylic acids is 1. The van der Waals surface area contributed by atoms with Crippen molar-refractivity contribution in [2.45, 2.75) is 11.8 Å². The Hall–Kier alpha value is -2.38. The molecule has 2 rings (SSSR count). The Balaban J connectivity index is 1.93. The molecule has 0 saturated heterocycles. The lowest BCUT2D eigenvalue weighted by atomic mass is 10.2. The van der Waals surface area contributed by atoms with Gasteiger partial charge in [0, 0.05) is 25.5 Å². The maximum absolute atomic E-state index is 12.1. The average molecular weight is 347 g/mol. The van der Waals surface area contributed by atoms with Crippen LogP contribution in [0.5, 0.6) is 0 Å². The van der Waals surface area contributed by atoms with E-state index < -0.39 is 15.9 Å². The molecule has 0 fully saturated rings. The largest absolute Gasteiger partial charge is 0.378 e. The van der Waals surface area contributed by atoms with Gasteiger partial charge < -0.3 is 10.2 Å². The molecule has 0 aliphatic carbocycles. The smallest absolute Gasteiger partial charge is 0.241 e. The van der Waals surface area contributed by atoms with E-state index in [2.05, 4.69) is 10.0 Å². The molecule has 0 radical (unpaired) electrons. The molecule has 0 aliphatic rings. The third-order valence-electron chi connectivity index (χ3n) is 3.42. The summed E-state index contributed by atoms with van der Waals surface area (Å²) >= 11 is 0. The van der Waals surface area contributed by atoms with Crippen LogP contribution in [0, 0.1) is 6.92 Å². The fraction of sp³-hybridized carbons (Fsp3) is 0.235. The zero-order valence-corrected chi connectivity index (χ0v) is 14.7. The highest BCUT2D eigenvalue weighted by molar-refractivity contribution is 7.89. The van der Waals surface area contributed by atoms with Gasteiger partial charge in [0.25, 0.3) is 0 Å². The second kappa shape index (κ2) is 7.46. The zero-order chi connectivity index (χ0) is 17.7. The highest BCUT2D eigenvalue weighted by Gasteiger charge is 2.15. The minimum atomic E-state index is -3.70. The van der Waals surface area contributed by atoms with Crippen molar-refractivity contribution in [2.24, 2.45) is 0 Å². The molecule has 6 nitrogen and oxygen atoms in total. The van der Waals surface area contributed by atoms with Crippen molar-refractivity contribution in [1.29, 1.82) is 0 Å². The van der Waals surface area contributed by atoms with Crippen LogP contribution in [0.1, 0.15) is 5.56 Å². The number of hydrogen-bond donors (Lipinski definition) is 2. The summed E-state index contributed by atoms with van der Waals surface area (Å²) in [4.78, 5) is 14.0. The minimum Gasteiger partial charge on any atom is -0.378 e. The molecule has 24 heavy (non-hydrogen) atoms. The lowest BCUT2D eigenvalue weighted by molar-refractivity contribution is -0.115.